The second kappa shape index (κ2) is 7.22. The Labute approximate surface area is 185 Å². The van der Waals surface area contributed by atoms with Crippen LogP contribution in [0.1, 0.15) is 46.5 Å². The molecule has 9 heteroatoms. The standard InChI is InChI=1S/C23H30F3NO5/c1-13-5-10-18-14(2)22(23(24,25)26,27-15-6-8-16(28-4)9-7-15)30-19-21(18)17(13)11-12-20(3,29-19)31-32-21/h6-9,13-14,17-19,27H,5,10-12H2,1-4H3/t13-,14-,17+,18+,19+,20?,21?,22-/m1/s1. The molecule has 5 fully saturated rings. The van der Waals surface area contributed by atoms with Crippen molar-refractivity contribution < 1.29 is 37.2 Å². The molecule has 6 rings (SSSR count). The van der Waals surface area contributed by atoms with Gasteiger partial charge in [-0.15, -0.1) is 0 Å². The van der Waals surface area contributed by atoms with E-state index in [9.17, 15) is 13.2 Å². The average Bonchev–Trinajstić information content (AvgIpc) is 2.97. The van der Waals surface area contributed by atoms with E-state index in [1.165, 1.54) is 7.11 Å². The van der Waals surface area contributed by atoms with Crippen LogP contribution in [0.15, 0.2) is 24.3 Å². The Balaban J connectivity index is 1.60. The molecule has 1 saturated carbocycles. The highest BCUT2D eigenvalue weighted by Gasteiger charge is 2.76. The Kier molecular flexibility index (Phi) is 5.02. The minimum Gasteiger partial charge on any atom is -0.497 e. The van der Waals surface area contributed by atoms with Crippen molar-refractivity contribution in [3.8, 4) is 5.75 Å². The van der Waals surface area contributed by atoms with Crippen molar-refractivity contribution in [2.24, 2.45) is 23.7 Å². The van der Waals surface area contributed by atoms with Crippen LogP contribution in [0.4, 0.5) is 18.9 Å². The Bertz CT molecular complexity index is 866. The summed E-state index contributed by atoms with van der Waals surface area (Å²) in [6.07, 6.45) is -3.22. The predicted molar refractivity (Wildman–Crippen MR) is 108 cm³/mol. The second-order valence-electron chi connectivity index (χ2n) is 9.90. The van der Waals surface area contributed by atoms with Gasteiger partial charge in [-0.3, -0.25) is 0 Å². The van der Waals surface area contributed by atoms with Crippen LogP contribution in [0.3, 0.4) is 0 Å². The van der Waals surface area contributed by atoms with E-state index in [2.05, 4.69) is 12.2 Å². The van der Waals surface area contributed by atoms with Gasteiger partial charge in [0, 0.05) is 23.9 Å². The molecule has 1 aliphatic carbocycles. The number of hydrogen-bond acceptors (Lipinski definition) is 6. The summed E-state index contributed by atoms with van der Waals surface area (Å²) in [5.41, 5.74) is -3.42. The lowest BCUT2D eigenvalue weighted by molar-refractivity contribution is -0.582. The van der Waals surface area contributed by atoms with Crippen molar-refractivity contribution in [1.29, 1.82) is 0 Å². The maximum atomic E-state index is 14.8. The Hall–Kier alpha value is -1.55. The third kappa shape index (κ3) is 3.01. The zero-order valence-electron chi connectivity index (χ0n) is 18.7. The largest absolute Gasteiger partial charge is 0.497 e. The van der Waals surface area contributed by atoms with Crippen molar-refractivity contribution >= 4 is 5.69 Å². The fourth-order valence-electron chi connectivity index (χ4n) is 6.37. The molecular weight excluding hydrogens is 427 g/mol. The first-order valence-corrected chi connectivity index (χ1v) is 11.3. The summed E-state index contributed by atoms with van der Waals surface area (Å²) in [5.74, 6) is -1.74. The van der Waals surface area contributed by atoms with E-state index < -0.39 is 41.4 Å². The first kappa shape index (κ1) is 22.3. The van der Waals surface area contributed by atoms with Gasteiger partial charge in [0.25, 0.3) is 0 Å². The van der Waals surface area contributed by atoms with Crippen LogP contribution in [0.5, 0.6) is 5.75 Å². The van der Waals surface area contributed by atoms with E-state index in [0.29, 0.717) is 18.6 Å². The number of halogens is 3. The number of alkyl halides is 3. The monoisotopic (exact) mass is 457 g/mol. The molecule has 2 unspecified atom stereocenters. The van der Waals surface area contributed by atoms with Crippen LogP contribution in [-0.2, 0) is 19.2 Å². The van der Waals surface area contributed by atoms with E-state index >= 15 is 0 Å². The maximum Gasteiger partial charge on any atom is 0.436 e. The van der Waals surface area contributed by atoms with Gasteiger partial charge in [-0.1, -0.05) is 13.8 Å². The molecule has 1 spiro atoms. The van der Waals surface area contributed by atoms with Crippen LogP contribution < -0.4 is 10.1 Å². The van der Waals surface area contributed by atoms with Crippen molar-refractivity contribution in [3.05, 3.63) is 24.3 Å². The quantitative estimate of drug-likeness (QED) is 0.626. The number of hydrogen-bond donors (Lipinski definition) is 1. The highest BCUT2D eigenvalue weighted by atomic mass is 19.4. The van der Waals surface area contributed by atoms with Crippen LogP contribution in [0.2, 0.25) is 0 Å². The number of rotatable bonds is 3. The second-order valence-corrected chi connectivity index (χ2v) is 9.90. The first-order chi connectivity index (χ1) is 15.0. The highest BCUT2D eigenvalue weighted by molar-refractivity contribution is 5.49. The molecule has 8 atom stereocenters. The molecule has 6 nitrogen and oxygen atoms in total. The normalized spacial score (nSPS) is 45.7. The first-order valence-electron chi connectivity index (χ1n) is 11.3. The van der Waals surface area contributed by atoms with E-state index in [1.54, 1.807) is 38.1 Å². The summed E-state index contributed by atoms with van der Waals surface area (Å²) in [5, 5.41) is 2.69. The summed E-state index contributed by atoms with van der Waals surface area (Å²) in [7, 11) is 1.51. The molecule has 0 amide bonds. The van der Waals surface area contributed by atoms with Crippen molar-refractivity contribution in [3.63, 3.8) is 0 Å². The molecule has 4 saturated heterocycles. The molecule has 178 valence electrons. The predicted octanol–water partition coefficient (Wildman–Crippen LogP) is 5.25. The lowest BCUT2D eigenvalue weighted by Gasteiger charge is -2.63. The Morgan fingerprint density at radius 3 is 2.38 bits per heavy atom. The van der Waals surface area contributed by atoms with Gasteiger partial charge in [-0.2, -0.15) is 13.2 Å². The smallest absolute Gasteiger partial charge is 0.436 e. The van der Waals surface area contributed by atoms with Crippen molar-refractivity contribution in [2.75, 3.05) is 12.4 Å². The van der Waals surface area contributed by atoms with Crippen LogP contribution in [0, 0.1) is 23.7 Å². The van der Waals surface area contributed by atoms with Crippen LogP contribution in [-0.4, -0.2) is 36.7 Å². The molecule has 0 radical (unpaired) electrons. The Morgan fingerprint density at radius 2 is 1.72 bits per heavy atom. The van der Waals surface area contributed by atoms with Crippen LogP contribution in [0.25, 0.3) is 0 Å². The number of benzene rings is 1. The molecule has 1 N–H and O–H groups in total. The van der Waals surface area contributed by atoms with Gasteiger partial charge in [0.05, 0.1) is 7.11 Å². The zero-order valence-corrected chi connectivity index (χ0v) is 18.7. The minimum absolute atomic E-state index is 0.00903. The number of methoxy groups -OCH3 is 1. The molecule has 5 aliphatic rings. The number of fused-ring (bicyclic) bond motifs is 2. The highest BCUT2D eigenvalue weighted by Crippen LogP contribution is 2.64. The van der Waals surface area contributed by atoms with E-state index in [-0.39, 0.29) is 17.5 Å². The fourth-order valence-corrected chi connectivity index (χ4v) is 6.37. The van der Waals surface area contributed by atoms with E-state index in [4.69, 9.17) is 24.0 Å². The van der Waals surface area contributed by atoms with Gasteiger partial charge >= 0.3 is 6.18 Å². The van der Waals surface area contributed by atoms with Crippen LogP contribution >= 0.6 is 0 Å². The minimum atomic E-state index is -4.71. The van der Waals surface area contributed by atoms with Crippen molar-refractivity contribution in [2.45, 2.75) is 76.0 Å². The number of nitrogens with one attached hydrogen (secondary N) is 1. The van der Waals surface area contributed by atoms with Crippen molar-refractivity contribution in [1.82, 2.24) is 0 Å². The summed E-state index contributed by atoms with van der Waals surface area (Å²) in [6.45, 7) is 5.42. The van der Waals surface area contributed by atoms with E-state index in [0.717, 1.165) is 12.8 Å². The number of anilines is 1. The third-order valence-corrected chi connectivity index (χ3v) is 8.15. The average molecular weight is 457 g/mol. The molecule has 1 aromatic carbocycles. The zero-order chi connectivity index (χ0) is 22.9. The maximum absolute atomic E-state index is 14.8. The SMILES string of the molecule is COc1ccc(N[C@@]2(C(F)(F)F)O[C@@H]3OC4(C)CC[C@H]5[C@H](C)CC[C@@H]([C@H]2C)C35OO4)cc1. The van der Waals surface area contributed by atoms with Gasteiger partial charge in [-0.25, -0.2) is 9.78 Å². The molecule has 0 aromatic heterocycles. The molecule has 32 heavy (non-hydrogen) atoms. The molecule has 4 heterocycles. The van der Waals surface area contributed by atoms with Gasteiger partial charge < -0.3 is 19.5 Å². The molecule has 4 aliphatic heterocycles. The summed E-state index contributed by atoms with van der Waals surface area (Å²) in [6, 6.07) is 6.34. The van der Waals surface area contributed by atoms with Gasteiger partial charge in [0.1, 0.15) is 5.75 Å². The van der Waals surface area contributed by atoms with Gasteiger partial charge in [0.15, 0.2) is 11.9 Å². The summed E-state index contributed by atoms with van der Waals surface area (Å²) in [4.78, 5) is 11.7. The fraction of sp³-hybridized carbons (Fsp3) is 0.739. The topological polar surface area (TPSA) is 58.2 Å². The summed E-state index contributed by atoms with van der Waals surface area (Å²) < 4.78 is 61.7. The van der Waals surface area contributed by atoms with Gasteiger partial charge in [-0.05, 0) is 62.3 Å². The Morgan fingerprint density at radius 1 is 1.00 bits per heavy atom. The molecular formula is C23H30F3NO5. The molecule has 1 aromatic rings. The van der Waals surface area contributed by atoms with E-state index in [1.807, 2.05) is 0 Å². The lowest BCUT2D eigenvalue weighted by atomic mass is 9.56. The lowest BCUT2D eigenvalue weighted by Crippen LogP contribution is -2.77. The third-order valence-electron chi connectivity index (χ3n) is 8.15. The van der Waals surface area contributed by atoms with Gasteiger partial charge in [0.2, 0.25) is 11.5 Å². The molecule has 2 bridgehead atoms. The number of ether oxygens (including phenoxy) is 3. The summed E-state index contributed by atoms with van der Waals surface area (Å²) >= 11 is 0.